The lowest BCUT2D eigenvalue weighted by Gasteiger charge is -2.23. The van der Waals surface area contributed by atoms with Crippen molar-refractivity contribution >= 4 is 69.3 Å². The summed E-state index contributed by atoms with van der Waals surface area (Å²) in [7, 11) is 1.10. The minimum Gasteiger partial charge on any atom is -0.467 e. The molecule has 0 aliphatic rings. The molecule has 0 aromatic heterocycles. The third-order valence-corrected chi connectivity index (χ3v) is 3.80. The van der Waals surface area contributed by atoms with E-state index in [2.05, 4.69) is 9.47 Å². The van der Waals surface area contributed by atoms with E-state index < -0.39 is 27.9 Å². The molecule has 0 aromatic carbocycles. The summed E-state index contributed by atoms with van der Waals surface area (Å²) in [6.07, 6.45) is 0. The van der Waals surface area contributed by atoms with E-state index in [4.69, 9.17) is 40.5 Å². The van der Waals surface area contributed by atoms with Gasteiger partial charge < -0.3 is 15.2 Å². The second kappa shape index (κ2) is 7.05. The Bertz CT molecular complexity index is 278. The zero-order valence-electron chi connectivity index (χ0n) is 8.08. The van der Waals surface area contributed by atoms with Crippen molar-refractivity contribution in [1.29, 1.82) is 0 Å². The topological polar surface area (TPSA) is 78.6 Å². The lowest BCUT2D eigenvalue weighted by Crippen LogP contribution is -2.58. The molecule has 2 atom stereocenters. The number of esters is 2. The Balaban J connectivity index is 4.72. The van der Waals surface area contributed by atoms with Crippen molar-refractivity contribution in [3.05, 3.63) is 0 Å². The van der Waals surface area contributed by atoms with Crippen molar-refractivity contribution in [2.24, 2.45) is 5.73 Å². The molecule has 0 saturated carbocycles. The van der Waals surface area contributed by atoms with Gasteiger partial charge in [-0.2, -0.15) is 0 Å². The van der Waals surface area contributed by atoms with Gasteiger partial charge in [0, 0.05) is 4.43 Å². The molecule has 16 heavy (non-hydrogen) atoms. The molecular weight excluding hydrogens is 395 g/mol. The Kier molecular flexibility index (Phi) is 7.27. The van der Waals surface area contributed by atoms with E-state index >= 15 is 0 Å². The highest BCUT2D eigenvalue weighted by molar-refractivity contribution is 14.1. The standard InChI is InChI=1S/C7H9Cl3INO4/c1-15-5(13)7(12,2-11)6(14)16-4(10)3(8)9/h3-4H,2,12H2,1H3. The number of hydrogen-bond acceptors (Lipinski definition) is 5. The number of alkyl halides is 4. The fraction of sp³-hybridized carbons (Fsp3) is 0.714. The van der Waals surface area contributed by atoms with Crippen LogP contribution in [0, 0.1) is 0 Å². The van der Waals surface area contributed by atoms with Crippen LogP contribution >= 0.6 is 57.4 Å². The molecule has 0 rings (SSSR count). The molecule has 94 valence electrons. The van der Waals surface area contributed by atoms with Gasteiger partial charge >= 0.3 is 11.9 Å². The van der Waals surface area contributed by atoms with Gasteiger partial charge in [-0.3, -0.25) is 0 Å². The molecule has 0 amide bonds. The molecule has 0 bridgehead atoms. The fourth-order valence-electron chi connectivity index (χ4n) is 0.633. The molecule has 0 radical (unpaired) electrons. The summed E-state index contributed by atoms with van der Waals surface area (Å²) in [6.45, 7) is 0. The van der Waals surface area contributed by atoms with Crippen LogP contribution in [0.4, 0.5) is 0 Å². The number of ether oxygens (including phenoxy) is 2. The van der Waals surface area contributed by atoms with Crippen molar-refractivity contribution in [2.75, 3.05) is 11.5 Å². The maximum Gasteiger partial charge on any atom is 0.340 e. The number of carbonyl (C=O) groups is 2. The number of nitrogens with two attached hydrogens (primary N) is 1. The molecule has 0 aliphatic heterocycles. The quantitative estimate of drug-likeness (QED) is 0.323. The average Bonchev–Trinajstić information content (AvgIpc) is 2.26. The minimum absolute atomic E-state index is 0.0326. The summed E-state index contributed by atoms with van der Waals surface area (Å²) in [5.41, 5.74) is 2.34. The van der Waals surface area contributed by atoms with Crippen molar-refractivity contribution in [1.82, 2.24) is 0 Å². The third kappa shape index (κ3) is 4.06. The maximum absolute atomic E-state index is 11.6. The molecule has 0 aromatic rings. The summed E-state index contributed by atoms with van der Waals surface area (Å²) in [6, 6.07) is 0. The second-order valence-electron chi connectivity index (χ2n) is 2.69. The van der Waals surface area contributed by atoms with Crippen molar-refractivity contribution in [3.63, 3.8) is 0 Å². The first-order valence-corrected chi connectivity index (χ1v) is 6.69. The summed E-state index contributed by atoms with van der Waals surface area (Å²) in [5, 5.41) is 0. The van der Waals surface area contributed by atoms with E-state index in [0.29, 0.717) is 0 Å². The highest BCUT2D eigenvalue weighted by Gasteiger charge is 2.45. The van der Waals surface area contributed by atoms with Crippen LogP contribution in [-0.2, 0) is 19.1 Å². The zero-order chi connectivity index (χ0) is 12.9. The van der Waals surface area contributed by atoms with Crippen LogP contribution in [0.1, 0.15) is 0 Å². The number of rotatable bonds is 5. The lowest BCUT2D eigenvalue weighted by molar-refractivity contribution is -0.162. The molecule has 9 heteroatoms. The van der Waals surface area contributed by atoms with Crippen molar-refractivity contribution < 1.29 is 19.1 Å². The molecule has 2 unspecified atom stereocenters. The summed E-state index contributed by atoms with van der Waals surface area (Å²) in [5.74, 6) is -1.96. The van der Waals surface area contributed by atoms with Gasteiger partial charge in [0.05, 0.1) is 7.11 Å². The van der Waals surface area contributed by atoms with Crippen LogP contribution < -0.4 is 5.73 Å². The Labute approximate surface area is 121 Å². The summed E-state index contributed by atoms with van der Waals surface area (Å²) in [4.78, 5) is 21.7. The van der Waals surface area contributed by atoms with E-state index in [1.165, 1.54) is 0 Å². The monoisotopic (exact) mass is 403 g/mol. The lowest BCUT2D eigenvalue weighted by atomic mass is 10.1. The van der Waals surface area contributed by atoms with Gasteiger partial charge in [-0.1, -0.05) is 57.4 Å². The highest BCUT2D eigenvalue weighted by atomic mass is 127. The van der Waals surface area contributed by atoms with E-state index in [0.717, 1.165) is 7.11 Å². The molecule has 0 spiro atoms. The average molecular weight is 404 g/mol. The largest absolute Gasteiger partial charge is 0.467 e. The first-order chi connectivity index (χ1) is 7.29. The molecule has 0 fully saturated rings. The predicted molar refractivity (Wildman–Crippen MR) is 69.0 cm³/mol. The molecule has 5 nitrogen and oxygen atoms in total. The van der Waals surface area contributed by atoms with Gasteiger partial charge in [0.2, 0.25) is 11.1 Å². The molecule has 2 N–H and O–H groups in total. The Hall–Kier alpha value is 0.500. The highest BCUT2D eigenvalue weighted by Crippen LogP contribution is 2.19. The summed E-state index contributed by atoms with van der Waals surface area (Å²) >= 11 is 18.0. The molecule has 0 aliphatic carbocycles. The van der Waals surface area contributed by atoms with Crippen LogP contribution in [0.2, 0.25) is 0 Å². The van der Waals surface area contributed by atoms with Gasteiger partial charge in [-0.05, 0) is 0 Å². The molecule has 0 saturated heterocycles. The zero-order valence-corrected chi connectivity index (χ0v) is 12.5. The Morgan fingerprint density at radius 1 is 1.38 bits per heavy atom. The minimum atomic E-state index is -1.91. The first kappa shape index (κ1) is 16.5. The maximum atomic E-state index is 11.6. The number of methoxy groups -OCH3 is 1. The van der Waals surface area contributed by atoms with E-state index in [1.54, 1.807) is 22.6 Å². The second-order valence-corrected chi connectivity index (χ2v) is 5.04. The van der Waals surface area contributed by atoms with Crippen LogP contribution in [0.25, 0.3) is 0 Å². The van der Waals surface area contributed by atoms with Gasteiger partial charge in [-0.15, -0.1) is 0 Å². The Morgan fingerprint density at radius 2 is 1.88 bits per heavy atom. The fourth-order valence-corrected chi connectivity index (χ4v) is 1.44. The van der Waals surface area contributed by atoms with Crippen molar-refractivity contribution in [3.8, 4) is 0 Å². The normalized spacial score (nSPS) is 16.4. The van der Waals surface area contributed by atoms with E-state index in [9.17, 15) is 9.59 Å². The predicted octanol–water partition coefficient (Wildman–Crippen LogP) is 1.20. The van der Waals surface area contributed by atoms with Gasteiger partial charge in [-0.25, -0.2) is 9.59 Å². The van der Waals surface area contributed by atoms with Gasteiger partial charge in [0.15, 0.2) is 4.84 Å². The smallest absolute Gasteiger partial charge is 0.340 e. The molecular formula is C7H9Cl3INO4. The van der Waals surface area contributed by atoms with Crippen LogP contribution in [0.3, 0.4) is 0 Å². The van der Waals surface area contributed by atoms with Gasteiger partial charge in [0.1, 0.15) is 0 Å². The SMILES string of the molecule is COC(=O)C(N)(CI)C(=O)OC(Cl)C(Cl)Cl. The summed E-state index contributed by atoms with van der Waals surface area (Å²) < 4.78 is 8.98. The third-order valence-electron chi connectivity index (χ3n) is 1.54. The van der Waals surface area contributed by atoms with Gasteiger partial charge in [0.25, 0.3) is 0 Å². The number of halogens is 4. The first-order valence-electron chi connectivity index (χ1n) is 3.86. The van der Waals surface area contributed by atoms with Crippen LogP contribution in [-0.4, -0.2) is 39.4 Å². The van der Waals surface area contributed by atoms with E-state index in [-0.39, 0.29) is 4.43 Å². The van der Waals surface area contributed by atoms with E-state index in [1.807, 2.05) is 0 Å². The van der Waals surface area contributed by atoms with Crippen molar-refractivity contribution in [2.45, 2.75) is 15.9 Å². The Morgan fingerprint density at radius 3 is 2.19 bits per heavy atom. The number of hydrogen-bond donors (Lipinski definition) is 1. The molecule has 0 heterocycles. The van der Waals surface area contributed by atoms with Crippen LogP contribution in [0.5, 0.6) is 0 Å². The van der Waals surface area contributed by atoms with Crippen LogP contribution in [0.15, 0.2) is 0 Å². The number of carbonyl (C=O) groups excluding carboxylic acids is 2.